The third-order valence-electron chi connectivity index (χ3n) is 3.59. The molecule has 14 heavy (non-hydrogen) atoms. The van der Waals surface area contributed by atoms with E-state index in [4.69, 9.17) is 0 Å². The summed E-state index contributed by atoms with van der Waals surface area (Å²) in [5.74, 6) is 0.933. The topological polar surface area (TPSA) is 0 Å². The summed E-state index contributed by atoms with van der Waals surface area (Å²) in [6, 6.07) is 4.72. The van der Waals surface area contributed by atoms with E-state index in [2.05, 4.69) is 32.1 Å². The van der Waals surface area contributed by atoms with Gasteiger partial charge in [-0.1, -0.05) is 23.8 Å². The van der Waals surface area contributed by atoms with Gasteiger partial charge in [0.1, 0.15) is 0 Å². The molecule has 0 atom stereocenters. The Bertz CT molecular complexity index is 420. The highest BCUT2D eigenvalue weighted by Gasteiger charge is 2.28. The van der Waals surface area contributed by atoms with Crippen molar-refractivity contribution in [1.82, 2.24) is 0 Å². The molecule has 1 fully saturated rings. The number of aryl methyl sites for hydroxylation is 2. The van der Waals surface area contributed by atoms with Crippen molar-refractivity contribution in [3.63, 3.8) is 0 Å². The van der Waals surface area contributed by atoms with E-state index < -0.39 is 0 Å². The third-order valence-corrected chi connectivity index (χ3v) is 3.59. The van der Waals surface area contributed by atoms with Crippen LogP contribution in [0.4, 0.5) is 0 Å². The quantitative estimate of drug-likeness (QED) is 0.625. The molecule has 1 saturated carbocycles. The van der Waals surface area contributed by atoms with Crippen LogP contribution in [0.15, 0.2) is 17.7 Å². The molecule has 0 aromatic heterocycles. The van der Waals surface area contributed by atoms with Crippen LogP contribution in [0.25, 0.3) is 6.08 Å². The Kier molecular flexibility index (Phi) is 1.61. The van der Waals surface area contributed by atoms with Crippen molar-refractivity contribution < 1.29 is 0 Å². The average molecular weight is 184 g/mol. The Morgan fingerprint density at radius 3 is 2.50 bits per heavy atom. The van der Waals surface area contributed by atoms with Gasteiger partial charge in [-0.15, -0.1) is 0 Å². The predicted molar refractivity (Wildman–Crippen MR) is 60.3 cm³/mol. The molecule has 1 aromatic carbocycles. The number of fused-ring (bicyclic) bond motifs is 1. The van der Waals surface area contributed by atoms with Gasteiger partial charge in [0.05, 0.1) is 0 Å². The highest BCUT2D eigenvalue weighted by molar-refractivity contribution is 5.66. The number of benzene rings is 1. The van der Waals surface area contributed by atoms with Crippen LogP contribution in [0.5, 0.6) is 0 Å². The summed E-state index contributed by atoms with van der Waals surface area (Å²) in [7, 11) is 0. The van der Waals surface area contributed by atoms with Gasteiger partial charge in [0.25, 0.3) is 0 Å². The van der Waals surface area contributed by atoms with Gasteiger partial charge >= 0.3 is 0 Å². The molecule has 0 nitrogen and oxygen atoms in total. The number of hydrogen-bond acceptors (Lipinski definition) is 0. The molecule has 0 aliphatic heterocycles. The van der Waals surface area contributed by atoms with Crippen molar-refractivity contribution in [3.05, 3.63) is 40.0 Å². The Morgan fingerprint density at radius 2 is 1.79 bits per heavy atom. The van der Waals surface area contributed by atoms with E-state index in [1.54, 1.807) is 11.1 Å². The standard InChI is InChI=1S/C14H16/c1-9-5-12-7-14(11-3-4-11)8-13(12)6-10(9)2/h5-7,11H,3-4,8H2,1-2H3. The fourth-order valence-electron chi connectivity index (χ4n) is 2.37. The number of rotatable bonds is 1. The Balaban J connectivity index is 2.02. The fraction of sp³-hybridized carbons (Fsp3) is 0.429. The molecule has 2 aliphatic rings. The highest BCUT2D eigenvalue weighted by Crippen LogP contribution is 2.42. The molecule has 0 heterocycles. The van der Waals surface area contributed by atoms with Gasteiger partial charge in [-0.2, -0.15) is 0 Å². The summed E-state index contributed by atoms with van der Waals surface area (Å²) in [6.07, 6.45) is 6.51. The molecule has 0 amide bonds. The van der Waals surface area contributed by atoms with Crippen LogP contribution in [0.2, 0.25) is 0 Å². The fourth-order valence-corrected chi connectivity index (χ4v) is 2.37. The second-order valence-electron chi connectivity index (χ2n) is 4.81. The second-order valence-corrected chi connectivity index (χ2v) is 4.81. The maximum absolute atomic E-state index is 2.43. The van der Waals surface area contributed by atoms with Crippen molar-refractivity contribution >= 4 is 6.08 Å². The molecule has 0 saturated heterocycles. The van der Waals surface area contributed by atoms with Gasteiger partial charge < -0.3 is 0 Å². The molecular weight excluding hydrogens is 168 g/mol. The molecule has 0 N–H and O–H groups in total. The zero-order valence-corrected chi connectivity index (χ0v) is 8.93. The summed E-state index contributed by atoms with van der Waals surface area (Å²) >= 11 is 0. The zero-order chi connectivity index (χ0) is 9.71. The maximum atomic E-state index is 2.43. The van der Waals surface area contributed by atoms with Crippen LogP contribution < -0.4 is 0 Å². The van der Waals surface area contributed by atoms with Crippen LogP contribution in [0, 0.1) is 19.8 Å². The predicted octanol–water partition coefficient (Wildman–Crippen LogP) is 3.65. The average Bonchev–Trinajstić information content (AvgIpc) is 2.90. The van der Waals surface area contributed by atoms with E-state index in [-0.39, 0.29) is 0 Å². The van der Waals surface area contributed by atoms with Gasteiger partial charge in [-0.3, -0.25) is 0 Å². The van der Waals surface area contributed by atoms with Gasteiger partial charge in [0.15, 0.2) is 0 Å². The molecule has 0 spiro atoms. The lowest BCUT2D eigenvalue weighted by Crippen LogP contribution is -1.89. The summed E-state index contributed by atoms with van der Waals surface area (Å²) in [4.78, 5) is 0. The zero-order valence-electron chi connectivity index (χ0n) is 8.93. The molecule has 72 valence electrons. The third kappa shape index (κ3) is 1.21. The lowest BCUT2D eigenvalue weighted by molar-refractivity contribution is 0.961. The first-order valence-electron chi connectivity index (χ1n) is 5.54. The smallest absolute Gasteiger partial charge is 0.00549 e. The number of hydrogen-bond donors (Lipinski definition) is 0. The molecule has 0 unspecified atom stereocenters. The van der Waals surface area contributed by atoms with Crippen molar-refractivity contribution in [2.75, 3.05) is 0 Å². The van der Waals surface area contributed by atoms with Crippen molar-refractivity contribution in [2.24, 2.45) is 5.92 Å². The maximum Gasteiger partial charge on any atom is -0.00549 e. The molecule has 1 aromatic rings. The minimum atomic E-state index is 0.933. The lowest BCUT2D eigenvalue weighted by Gasteiger charge is -2.04. The molecule has 0 radical (unpaired) electrons. The minimum Gasteiger partial charge on any atom is -0.0621 e. The van der Waals surface area contributed by atoms with Crippen molar-refractivity contribution in [3.8, 4) is 0 Å². The normalized spacial score (nSPS) is 19.4. The minimum absolute atomic E-state index is 0.933. The van der Waals surface area contributed by atoms with E-state index in [0.29, 0.717) is 0 Å². The van der Waals surface area contributed by atoms with Crippen LogP contribution in [-0.2, 0) is 6.42 Å². The van der Waals surface area contributed by atoms with E-state index in [1.165, 1.54) is 36.0 Å². The molecule has 0 heteroatoms. The van der Waals surface area contributed by atoms with Gasteiger partial charge in [-0.05, 0) is 61.3 Å². The molecule has 0 bridgehead atoms. The van der Waals surface area contributed by atoms with Crippen LogP contribution in [-0.4, -0.2) is 0 Å². The van der Waals surface area contributed by atoms with Gasteiger partial charge in [-0.25, -0.2) is 0 Å². The first kappa shape index (κ1) is 8.28. The van der Waals surface area contributed by atoms with Gasteiger partial charge in [0.2, 0.25) is 0 Å². The first-order valence-corrected chi connectivity index (χ1v) is 5.54. The second kappa shape index (κ2) is 2.73. The summed E-state index contributed by atoms with van der Waals surface area (Å²) in [6.45, 7) is 4.42. The van der Waals surface area contributed by atoms with E-state index in [9.17, 15) is 0 Å². The Morgan fingerprint density at radius 1 is 1.07 bits per heavy atom. The van der Waals surface area contributed by atoms with E-state index in [1.807, 2.05) is 0 Å². The van der Waals surface area contributed by atoms with Crippen LogP contribution in [0.1, 0.15) is 35.1 Å². The Labute approximate surface area is 85.6 Å². The van der Waals surface area contributed by atoms with Crippen molar-refractivity contribution in [2.45, 2.75) is 33.1 Å². The van der Waals surface area contributed by atoms with Crippen LogP contribution >= 0.6 is 0 Å². The Hall–Kier alpha value is -1.04. The van der Waals surface area contributed by atoms with E-state index >= 15 is 0 Å². The first-order chi connectivity index (χ1) is 6.74. The number of allylic oxidation sites excluding steroid dienone is 1. The van der Waals surface area contributed by atoms with E-state index in [0.717, 1.165) is 5.92 Å². The largest absolute Gasteiger partial charge is 0.0621 e. The van der Waals surface area contributed by atoms with Gasteiger partial charge in [0, 0.05) is 0 Å². The highest BCUT2D eigenvalue weighted by atomic mass is 14.3. The SMILES string of the molecule is Cc1cc2c(cc1C)CC(C1CC1)=C2. The molecule has 3 rings (SSSR count). The summed E-state index contributed by atoms with van der Waals surface area (Å²) in [5.41, 5.74) is 7.58. The van der Waals surface area contributed by atoms with Crippen molar-refractivity contribution in [1.29, 1.82) is 0 Å². The summed E-state index contributed by atoms with van der Waals surface area (Å²) in [5, 5.41) is 0. The summed E-state index contributed by atoms with van der Waals surface area (Å²) < 4.78 is 0. The monoisotopic (exact) mass is 184 g/mol. The molecule has 2 aliphatic carbocycles. The van der Waals surface area contributed by atoms with Crippen LogP contribution in [0.3, 0.4) is 0 Å². The lowest BCUT2D eigenvalue weighted by atomic mass is 10.0. The molecular formula is C14H16.